The summed E-state index contributed by atoms with van der Waals surface area (Å²) in [7, 11) is 1.50. The van der Waals surface area contributed by atoms with Crippen LogP contribution in [0.15, 0.2) is 42.5 Å². The van der Waals surface area contributed by atoms with Gasteiger partial charge in [-0.1, -0.05) is 24.3 Å². The fraction of sp³-hybridized carbons (Fsp3) is 0.350. The molecule has 0 radical (unpaired) electrons. The molecule has 156 valence electrons. The number of amides is 2. The van der Waals surface area contributed by atoms with E-state index in [0.717, 1.165) is 5.56 Å². The highest BCUT2D eigenvalue weighted by atomic mass is 19.4. The van der Waals surface area contributed by atoms with E-state index in [4.69, 9.17) is 9.47 Å². The lowest BCUT2D eigenvalue weighted by Gasteiger charge is -2.21. The summed E-state index contributed by atoms with van der Waals surface area (Å²) in [5, 5.41) is 2.75. The van der Waals surface area contributed by atoms with Crippen LogP contribution in [-0.2, 0) is 13.0 Å². The first kappa shape index (κ1) is 20.6. The van der Waals surface area contributed by atoms with Gasteiger partial charge in [-0.2, -0.15) is 0 Å². The zero-order chi connectivity index (χ0) is 20.9. The van der Waals surface area contributed by atoms with E-state index in [1.807, 2.05) is 18.2 Å². The van der Waals surface area contributed by atoms with Crippen LogP contribution in [0.3, 0.4) is 0 Å². The van der Waals surface area contributed by atoms with Crippen LogP contribution in [-0.4, -0.2) is 44.1 Å². The van der Waals surface area contributed by atoms with E-state index in [1.165, 1.54) is 30.1 Å². The number of rotatable bonds is 6. The van der Waals surface area contributed by atoms with Gasteiger partial charge in [0.15, 0.2) is 11.5 Å². The number of alkyl halides is 3. The molecule has 9 heteroatoms. The predicted molar refractivity (Wildman–Crippen MR) is 99.1 cm³/mol. The molecule has 0 fully saturated rings. The zero-order valence-corrected chi connectivity index (χ0v) is 15.8. The molecule has 6 nitrogen and oxygen atoms in total. The van der Waals surface area contributed by atoms with Crippen LogP contribution in [0.25, 0.3) is 0 Å². The van der Waals surface area contributed by atoms with Gasteiger partial charge < -0.3 is 24.4 Å². The molecular weight excluding hydrogens is 389 g/mol. The number of hydrogen-bond acceptors (Lipinski definition) is 4. The first-order chi connectivity index (χ1) is 13.8. The van der Waals surface area contributed by atoms with Crippen molar-refractivity contribution in [1.82, 2.24) is 10.2 Å². The van der Waals surface area contributed by atoms with E-state index in [2.05, 4.69) is 10.1 Å². The Morgan fingerprint density at radius 2 is 1.86 bits per heavy atom. The molecule has 1 aliphatic heterocycles. The van der Waals surface area contributed by atoms with Crippen molar-refractivity contribution < 1.29 is 32.2 Å². The molecule has 0 saturated heterocycles. The summed E-state index contributed by atoms with van der Waals surface area (Å²) in [6, 6.07) is 10.9. The second kappa shape index (κ2) is 8.93. The van der Waals surface area contributed by atoms with Gasteiger partial charge in [-0.25, -0.2) is 4.79 Å². The lowest BCUT2D eigenvalue weighted by molar-refractivity contribution is -0.275. The largest absolute Gasteiger partial charge is 0.573 e. The Hall–Kier alpha value is -3.10. The molecule has 3 rings (SSSR count). The Morgan fingerprint density at radius 1 is 1.14 bits per heavy atom. The maximum atomic E-state index is 12.5. The molecular formula is C20H21F3N2O4. The molecule has 0 aliphatic carbocycles. The van der Waals surface area contributed by atoms with Gasteiger partial charge in [0.25, 0.3) is 0 Å². The van der Waals surface area contributed by atoms with Crippen LogP contribution < -0.4 is 19.5 Å². The molecule has 1 heterocycles. The van der Waals surface area contributed by atoms with Crippen molar-refractivity contribution in [3.05, 3.63) is 53.6 Å². The Balaban J connectivity index is 1.51. The van der Waals surface area contributed by atoms with Crippen molar-refractivity contribution >= 4 is 6.03 Å². The Morgan fingerprint density at radius 3 is 2.62 bits per heavy atom. The van der Waals surface area contributed by atoms with Gasteiger partial charge in [-0.05, 0) is 30.2 Å². The van der Waals surface area contributed by atoms with Crippen molar-refractivity contribution in [2.75, 3.05) is 26.8 Å². The third-order valence-corrected chi connectivity index (χ3v) is 4.25. The number of fused-ring (bicyclic) bond motifs is 1. The van der Waals surface area contributed by atoms with Crippen LogP contribution in [0.5, 0.6) is 17.2 Å². The van der Waals surface area contributed by atoms with Crippen molar-refractivity contribution in [1.29, 1.82) is 0 Å². The molecule has 0 aromatic heterocycles. The third-order valence-electron chi connectivity index (χ3n) is 4.25. The van der Waals surface area contributed by atoms with Gasteiger partial charge in [-0.15, -0.1) is 13.2 Å². The average Bonchev–Trinajstić information content (AvgIpc) is 2.68. The molecule has 29 heavy (non-hydrogen) atoms. The number of nitrogens with one attached hydrogen (secondary N) is 1. The van der Waals surface area contributed by atoms with Gasteiger partial charge in [0, 0.05) is 19.2 Å². The number of hydrogen-bond donors (Lipinski definition) is 1. The van der Waals surface area contributed by atoms with Crippen LogP contribution in [0.4, 0.5) is 18.0 Å². The van der Waals surface area contributed by atoms with Gasteiger partial charge >= 0.3 is 12.4 Å². The highest BCUT2D eigenvalue weighted by molar-refractivity contribution is 5.74. The fourth-order valence-corrected chi connectivity index (χ4v) is 2.88. The normalized spacial score (nSPS) is 13.0. The monoisotopic (exact) mass is 410 g/mol. The molecule has 0 bridgehead atoms. The zero-order valence-electron chi connectivity index (χ0n) is 15.8. The van der Waals surface area contributed by atoms with E-state index < -0.39 is 12.4 Å². The predicted octanol–water partition coefficient (Wildman–Crippen LogP) is 3.74. The molecule has 2 aromatic rings. The summed E-state index contributed by atoms with van der Waals surface area (Å²) in [5.41, 5.74) is 1.23. The summed E-state index contributed by atoms with van der Waals surface area (Å²) >= 11 is 0. The van der Waals surface area contributed by atoms with E-state index in [9.17, 15) is 18.0 Å². The van der Waals surface area contributed by atoms with E-state index in [-0.39, 0.29) is 17.9 Å². The highest BCUT2D eigenvalue weighted by Crippen LogP contribution is 2.31. The maximum absolute atomic E-state index is 12.5. The SMILES string of the molecule is CN(Cc1ccccc1OC(F)(F)F)C(=O)NCCc1ccc2c(c1)OCCO2. The fourth-order valence-electron chi connectivity index (χ4n) is 2.88. The van der Waals surface area contributed by atoms with Gasteiger partial charge in [0.1, 0.15) is 19.0 Å². The first-order valence-electron chi connectivity index (χ1n) is 9.03. The summed E-state index contributed by atoms with van der Waals surface area (Å²) < 4.78 is 52.6. The third kappa shape index (κ3) is 5.94. The van der Waals surface area contributed by atoms with Crippen LogP contribution in [0.2, 0.25) is 0 Å². The minimum Gasteiger partial charge on any atom is -0.486 e. The van der Waals surface area contributed by atoms with E-state index in [0.29, 0.717) is 37.7 Å². The molecule has 1 aliphatic rings. The Labute approximate surface area is 166 Å². The number of urea groups is 1. The standard InChI is InChI=1S/C20H21F3N2O4/c1-25(13-15-4-2-3-5-16(15)29-20(21,22)23)19(26)24-9-8-14-6-7-17-18(12-14)28-11-10-27-17/h2-7,12H,8-11,13H2,1H3,(H,24,26). The molecule has 2 aromatic carbocycles. The number of carbonyl (C=O) groups is 1. The average molecular weight is 410 g/mol. The summed E-state index contributed by atoms with van der Waals surface area (Å²) in [4.78, 5) is 13.6. The minimum absolute atomic E-state index is 0.0257. The smallest absolute Gasteiger partial charge is 0.486 e. The summed E-state index contributed by atoms with van der Waals surface area (Å²) in [5.74, 6) is 1.05. The maximum Gasteiger partial charge on any atom is 0.573 e. The van der Waals surface area contributed by atoms with E-state index in [1.54, 1.807) is 6.07 Å². The lowest BCUT2D eigenvalue weighted by atomic mass is 10.1. The lowest BCUT2D eigenvalue weighted by Crippen LogP contribution is -2.38. The minimum atomic E-state index is -4.79. The van der Waals surface area contributed by atoms with Crippen LogP contribution >= 0.6 is 0 Å². The highest BCUT2D eigenvalue weighted by Gasteiger charge is 2.32. The summed E-state index contributed by atoms with van der Waals surface area (Å²) in [6.07, 6.45) is -4.22. The first-order valence-corrected chi connectivity index (χ1v) is 9.03. The van der Waals surface area contributed by atoms with Crippen LogP contribution in [0.1, 0.15) is 11.1 Å². The molecule has 0 spiro atoms. The van der Waals surface area contributed by atoms with Crippen molar-refractivity contribution in [3.8, 4) is 17.2 Å². The quantitative estimate of drug-likeness (QED) is 0.788. The second-order valence-corrected chi connectivity index (χ2v) is 6.47. The number of para-hydroxylation sites is 1. The van der Waals surface area contributed by atoms with E-state index >= 15 is 0 Å². The molecule has 1 N–H and O–H groups in total. The Kier molecular flexibility index (Phi) is 6.36. The van der Waals surface area contributed by atoms with Gasteiger partial charge in [0.05, 0.1) is 6.54 Å². The van der Waals surface area contributed by atoms with Crippen molar-refractivity contribution in [2.45, 2.75) is 19.3 Å². The number of ether oxygens (including phenoxy) is 3. The van der Waals surface area contributed by atoms with Crippen LogP contribution in [0, 0.1) is 0 Å². The number of benzene rings is 2. The topological polar surface area (TPSA) is 60.0 Å². The Bertz CT molecular complexity index is 858. The molecule has 0 saturated carbocycles. The second-order valence-electron chi connectivity index (χ2n) is 6.47. The number of halogens is 3. The molecule has 0 atom stereocenters. The van der Waals surface area contributed by atoms with Crippen molar-refractivity contribution in [2.24, 2.45) is 0 Å². The molecule has 2 amide bonds. The molecule has 0 unspecified atom stereocenters. The van der Waals surface area contributed by atoms with Gasteiger partial charge in [-0.3, -0.25) is 0 Å². The summed E-state index contributed by atoms with van der Waals surface area (Å²) in [6.45, 7) is 1.36. The number of nitrogens with zero attached hydrogens (tertiary/aromatic N) is 1. The number of carbonyl (C=O) groups excluding carboxylic acids is 1. The van der Waals surface area contributed by atoms with Crippen molar-refractivity contribution in [3.63, 3.8) is 0 Å². The van der Waals surface area contributed by atoms with Gasteiger partial charge in [0.2, 0.25) is 0 Å².